The van der Waals surface area contributed by atoms with E-state index in [9.17, 15) is 13.4 Å². The number of halogens is 1. The highest BCUT2D eigenvalue weighted by molar-refractivity contribution is 7.91. The van der Waals surface area contributed by atoms with Crippen LogP contribution in [0.15, 0.2) is 41.6 Å². The molecule has 3 heterocycles. The van der Waals surface area contributed by atoms with Crippen molar-refractivity contribution in [1.29, 1.82) is 4.78 Å². The lowest BCUT2D eigenvalue weighted by Gasteiger charge is -2.30. The number of anilines is 1. The monoisotopic (exact) mass is 499 g/mol. The first-order chi connectivity index (χ1) is 16.5. The largest absolute Gasteiger partial charge is 0.332 e. The summed E-state index contributed by atoms with van der Waals surface area (Å²) >= 11 is 0. The summed E-state index contributed by atoms with van der Waals surface area (Å²) in [5, 5.41) is 6.92. The van der Waals surface area contributed by atoms with E-state index in [4.69, 9.17) is 4.78 Å². The molecule has 4 rings (SSSR count). The highest BCUT2D eigenvalue weighted by atomic mass is 32.2. The number of nitrogens with one attached hydrogen (secondary N) is 3. The van der Waals surface area contributed by atoms with Gasteiger partial charge in [0.25, 0.3) is 0 Å². The number of amides is 2. The van der Waals surface area contributed by atoms with Crippen molar-refractivity contribution >= 4 is 21.6 Å². The van der Waals surface area contributed by atoms with E-state index >= 15 is 0 Å². The molecular weight excluding hydrogens is 469 g/mol. The van der Waals surface area contributed by atoms with Crippen molar-refractivity contribution in [2.24, 2.45) is 7.05 Å². The molecule has 9 nitrogen and oxygen atoms in total. The number of aryl methyl sites for hydroxylation is 2. The standard InChI is InChI=1S/C24H30FN7O2S/c1-15(2)20-11-18(25)12-21(17-6-7-27-16(3)10-17)23(20)28-24(33)30-35(26,34)22-13-19(31(4)29-22)14-32-8-5-9-32/h6-7,10-13,15H,5,8-9,14H2,1-4H3,(H3,26,28,30,33,34). The fourth-order valence-electron chi connectivity index (χ4n) is 4.02. The van der Waals surface area contributed by atoms with Crippen LogP contribution in [0.2, 0.25) is 0 Å². The molecule has 0 saturated carbocycles. The molecule has 3 N–H and O–H groups in total. The number of carbonyl (C=O) groups is 1. The molecule has 2 amide bonds. The summed E-state index contributed by atoms with van der Waals surface area (Å²) in [6.45, 7) is 8.23. The molecule has 1 atom stereocenters. The van der Waals surface area contributed by atoms with Crippen LogP contribution in [0.5, 0.6) is 0 Å². The Morgan fingerprint density at radius 1 is 1.26 bits per heavy atom. The number of benzene rings is 1. The van der Waals surface area contributed by atoms with Gasteiger partial charge in [-0.2, -0.15) is 5.10 Å². The van der Waals surface area contributed by atoms with Gasteiger partial charge in [0.15, 0.2) is 14.9 Å². The summed E-state index contributed by atoms with van der Waals surface area (Å²) < 4.78 is 39.8. The minimum atomic E-state index is -3.73. The molecule has 11 heteroatoms. The van der Waals surface area contributed by atoms with Crippen LogP contribution >= 0.6 is 0 Å². The average molecular weight is 500 g/mol. The molecule has 35 heavy (non-hydrogen) atoms. The van der Waals surface area contributed by atoms with Crippen LogP contribution in [-0.2, 0) is 23.5 Å². The zero-order chi connectivity index (χ0) is 25.3. The predicted octanol–water partition coefficient (Wildman–Crippen LogP) is 4.40. The third kappa shape index (κ3) is 5.51. The molecule has 2 aromatic heterocycles. The fourth-order valence-corrected chi connectivity index (χ4v) is 4.98. The molecule has 1 aliphatic rings. The number of pyridine rings is 1. The molecule has 1 unspecified atom stereocenters. The van der Waals surface area contributed by atoms with Gasteiger partial charge in [0.1, 0.15) is 5.82 Å². The van der Waals surface area contributed by atoms with Gasteiger partial charge in [-0.1, -0.05) is 13.8 Å². The van der Waals surface area contributed by atoms with Gasteiger partial charge in [-0.25, -0.2) is 22.9 Å². The third-order valence-electron chi connectivity index (χ3n) is 6.02. The summed E-state index contributed by atoms with van der Waals surface area (Å²) in [7, 11) is -2.00. The highest BCUT2D eigenvalue weighted by Gasteiger charge is 2.23. The van der Waals surface area contributed by atoms with Gasteiger partial charge in [0.05, 0.1) is 11.4 Å². The molecule has 1 fully saturated rings. The van der Waals surface area contributed by atoms with Crippen molar-refractivity contribution in [3.63, 3.8) is 0 Å². The lowest BCUT2D eigenvalue weighted by molar-refractivity contribution is 0.168. The van der Waals surface area contributed by atoms with Gasteiger partial charge < -0.3 is 5.32 Å². The van der Waals surface area contributed by atoms with Crippen molar-refractivity contribution in [3.05, 3.63) is 59.3 Å². The molecule has 0 radical (unpaired) electrons. The van der Waals surface area contributed by atoms with E-state index in [2.05, 4.69) is 25.0 Å². The molecule has 0 spiro atoms. The lowest BCUT2D eigenvalue weighted by Crippen LogP contribution is -2.36. The summed E-state index contributed by atoms with van der Waals surface area (Å²) in [5.74, 6) is -0.542. The minimum absolute atomic E-state index is 0.0150. The van der Waals surface area contributed by atoms with Gasteiger partial charge in [0.2, 0.25) is 0 Å². The summed E-state index contributed by atoms with van der Waals surface area (Å²) in [4.78, 5) is 19.4. The number of hydrogen-bond acceptors (Lipinski definition) is 6. The van der Waals surface area contributed by atoms with Gasteiger partial charge in [0, 0.05) is 31.0 Å². The zero-order valence-electron chi connectivity index (χ0n) is 20.3. The Labute approximate surface area is 204 Å². The first-order valence-corrected chi connectivity index (χ1v) is 13.0. The van der Waals surface area contributed by atoms with Gasteiger partial charge in [-0.3, -0.25) is 14.6 Å². The van der Waals surface area contributed by atoms with Crippen molar-refractivity contribution in [2.75, 3.05) is 18.4 Å². The fraction of sp³-hybridized carbons (Fsp3) is 0.375. The van der Waals surface area contributed by atoms with Crippen LogP contribution < -0.4 is 10.0 Å². The Morgan fingerprint density at radius 3 is 2.63 bits per heavy atom. The quantitative estimate of drug-likeness (QED) is 0.446. The summed E-state index contributed by atoms with van der Waals surface area (Å²) in [6.07, 6.45) is 2.76. The van der Waals surface area contributed by atoms with Crippen molar-refractivity contribution < 1.29 is 13.4 Å². The molecule has 0 bridgehead atoms. The van der Waals surface area contributed by atoms with Crippen molar-refractivity contribution in [2.45, 2.75) is 44.7 Å². The summed E-state index contributed by atoms with van der Waals surface area (Å²) in [6, 6.07) is 7.00. The molecule has 1 saturated heterocycles. The molecule has 3 aromatic rings. The van der Waals surface area contributed by atoms with Crippen LogP contribution in [0.4, 0.5) is 14.9 Å². The second-order valence-electron chi connectivity index (χ2n) is 9.10. The van der Waals surface area contributed by atoms with Gasteiger partial charge in [-0.15, -0.1) is 0 Å². The number of nitrogens with zero attached hydrogens (tertiary/aromatic N) is 4. The van der Waals surface area contributed by atoms with Gasteiger partial charge >= 0.3 is 6.03 Å². The number of likely N-dealkylation sites (tertiary alicyclic amines) is 1. The minimum Gasteiger partial charge on any atom is -0.306 e. The van der Waals surface area contributed by atoms with Crippen LogP contribution in [0.25, 0.3) is 11.1 Å². The normalized spacial score (nSPS) is 15.5. The molecule has 186 valence electrons. The van der Waals surface area contributed by atoms with Crippen LogP contribution in [-0.4, -0.2) is 43.0 Å². The molecule has 0 aliphatic carbocycles. The topological polar surface area (TPSA) is 116 Å². The predicted molar refractivity (Wildman–Crippen MR) is 133 cm³/mol. The van der Waals surface area contributed by atoms with Crippen LogP contribution in [0, 0.1) is 17.5 Å². The number of urea groups is 1. The maximum Gasteiger partial charge on any atom is 0.332 e. The van der Waals surface area contributed by atoms with E-state index in [1.54, 1.807) is 36.1 Å². The second kappa shape index (κ2) is 9.74. The maximum absolute atomic E-state index is 14.5. The number of aromatic nitrogens is 3. The van der Waals surface area contributed by atoms with E-state index in [1.165, 1.54) is 12.1 Å². The van der Waals surface area contributed by atoms with E-state index in [-0.39, 0.29) is 10.9 Å². The van der Waals surface area contributed by atoms with E-state index < -0.39 is 21.8 Å². The Morgan fingerprint density at radius 2 is 2.00 bits per heavy atom. The Bertz CT molecular complexity index is 1360. The molecular formula is C24H30FN7O2S. The van der Waals surface area contributed by atoms with E-state index in [1.807, 2.05) is 20.8 Å². The van der Waals surface area contributed by atoms with Crippen molar-refractivity contribution in [3.8, 4) is 11.1 Å². The number of carbonyl (C=O) groups excluding carboxylic acids is 1. The average Bonchev–Trinajstić information content (AvgIpc) is 3.12. The first-order valence-electron chi connectivity index (χ1n) is 11.4. The molecule has 1 aliphatic heterocycles. The van der Waals surface area contributed by atoms with Crippen LogP contribution in [0.3, 0.4) is 0 Å². The number of hydrogen-bond donors (Lipinski definition) is 3. The first kappa shape index (κ1) is 24.8. The van der Waals surface area contributed by atoms with Crippen LogP contribution in [0.1, 0.15) is 43.1 Å². The Hall–Kier alpha value is -3.31. The maximum atomic E-state index is 14.5. The highest BCUT2D eigenvalue weighted by Crippen LogP contribution is 2.36. The van der Waals surface area contributed by atoms with Crippen molar-refractivity contribution in [1.82, 2.24) is 24.4 Å². The SMILES string of the molecule is Cc1cc(-c2cc(F)cc(C(C)C)c2NC(=O)NS(=N)(=O)c2cc(CN3CCC3)n(C)n2)ccn1. The number of rotatable bonds is 7. The third-order valence-corrected chi connectivity index (χ3v) is 7.28. The second-order valence-corrected chi connectivity index (χ2v) is 10.8. The van der Waals surface area contributed by atoms with E-state index in [0.29, 0.717) is 28.9 Å². The summed E-state index contributed by atoms with van der Waals surface area (Å²) in [5.41, 5.74) is 3.68. The van der Waals surface area contributed by atoms with Gasteiger partial charge in [-0.05, 0) is 73.8 Å². The Kier molecular flexibility index (Phi) is 6.91. The smallest absolute Gasteiger partial charge is 0.306 e. The lowest BCUT2D eigenvalue weighted by atomic mass is 9.94. The van der Waals surface area contributed by atoms with E-state index in [0.717, 1.165) is 30.9 Å². The molecule has 1 aromatic carbocycles. The zero-order valence-corrected chi connectivity index (χ0v) is 21.1. The Balaban J connectivity index is 1.61.